The fourth-order valence-corrected chi connectivity index (χ4v) is 2.32. The SMILES string of the molecule is O=c1[nH]c(OCC(F)F)nc2c(-c3ccc(Cl)cc3)c(C(F)F)nn12. The molecule has 2 heterocycles. The highest BCUT2D eigenvalue weighted by atomic mass is 35.5. The lowest BCUT2D eigenvalue weighted by Crippen LogP contribution is -2.21. The third-order valence-corrected chi connectivity index (χ3v) is 3.44. The van der Waals surface area contributed by atoms with E-state index in [9.17, 15) is 22.4 Å². The van der Waals surface area contributed by atoms with Gasteiger partial charge in [-0.05, 0) is 17.7 Å². The van der Waals surface area contributed by atoms with Crippen LogP contribution in [-0.2, 0) is 0 Å². The maximum atomic E-state index is 13.3. The summed E-state index contributed by atoms with van der Waals surface area (Å²) in [5.41, 5.74) is -1.69. The van der Waals surface area contributed by atoms with Gasteiger partial charge in [-0.1, -0.05) is 23.7 Å². The molecule has 11 heteroatoms. The molecule has 0 saturated heterocycles. The molecule has 0 unspecified atom stereocenters. The van der Waals surface area contributed by atoms with Gasteiger partial charge in [0.05, 0.1) is 5.56 Å². The van der Waals surface area contributed by atoms with Crippen LogP contribution in [0.3, 0.4) is 0 Å². The fraction of sp³-hybridized carbons (Fsp3) is 0.214. The zero-order valence-corrected chi connectivity index (χ0v) is 13.0. The molecule has 0 saturated carbocycles. The quantitative estimate of drug-likeness (QED) is 0.693. The minimum Gasteiger partial charge on any atom is -0.459 e. The van der Waals surface area contributed by atoms with Gasteiger partial charge < -0.3 is 4.74 Å². The van der Waals surface area contributed by atoms with Crippen molar-refractivity contribution in [2.45, 2.75) is 12.9 Å². The summed E-state index contributed by atoms with van der Waals surface area (Å²) in [7, 11) is 0. The van der Waals surface area contributed by atoms with Crippen molar-refractivity contribution < 1.29 is 22.3 Å². The number of rotatable bonds is 5. The van der Waals surface area contributed by atoms with Crippen LogP contribution in [0.1, 0.15) is 12.1 Å². The van der Waals surface area contributed by atoms with Crippen LogP contribution in [-0.4, -0.2) is 32.6 Å². The van der Waals surface area contributed by atoms with Crippen molar-refractivity contribution >= 4 is 17.2 Å². The van der Waals surface area contributed by atoms with Crippen molar-refractivity contribution in [3.63, 3.8) is 0 Å². The lowest BCUT2D eigenvalue weighted by Gasteiger charge is -2.05. The van der Waals surface area contributed by atoms with Gasteiger partial charge in [0.2, 0.25) is 0 Å². The maximum absolute atomic E-state index is 13.3. The molecule has 3 rings (SSSR count). The minimum absolute atomic E-state index is 0.111. The first-order chi connectivity index (χ1) is 11.9. The second kappa shape index (κ2) is 6.71. The smallest absolute Gasteiger partial charge is 0.352 e. The number of hydrogen-bond acceptors (Lipinski definition) is 4. The number of benzene rings is 1. The fourth-order valence-electron chi connectivity index (χ4n) is 2.20. The topological polar surface area (TPSA) is 72.3 Å². The summed E-state index contributed by atoms with van der Waals surface area (Å²) in [5, 5.41) is 3.95. The van der Waals surface area contributed by atoms with E-state index in [1.165, 1.54) is 24.3 Å². The Morgan fingerprint density at radius 1 is 1.20 bits per heavy atom. The number of nitrogens with one attached hydrogen (secondary N) is 1. The number of ether oxygens (including phenoxy) is 1. The molecule has 2 aromatic heterocycles. The van der Waals surface area contributed by atoms with E-state index in [0.29, 0.717) is 9.54 Å². The average Bonchev–Trinajstić information content (AvgIpc) is 2.94. The predicted octanol–water partition coefficient (Wildman–Crippen LogP) is 3.32. The molecular formula is C14H9ClF4N4O2. The minimum atomic E-state index is -2.99. The van der Waals surface area contributed by atoms with Gasteiger partial charge in [-0.2, -0.15) is 14.6 Å². The molecule has 1 N–H and O–H groups in total. The average molecular weight is 377 g/mol. The van der Waals surface area contributed by atoms with E-state index in [-0.39, 0.29) is 16.8 Å². The molecule has 0 bridgehead atoms. The van der Waals surface area contributed by atoms with Gasteiger partial charge >= 0.3 is 5.69 Å². The Labute approximate surface area is 142 Å². The molecule has 0 fully saturated rings. The van der Waals surface area contributed by atoms with Crippen LogP contribution in [0.15, 0.2) is 29.1 Å². The van der Waals surface area contributed by atoms with E-state index in [2.05, 4.69) is 19.8 Å². The third kappa shape index (κ3) is 3.43. The van der Waals surface area contributed by atoms with E-state index in [1.807, 2.05) is 0 Å². The van der Waals surface area contributed by atoms with Crippen LogP contribution >= 0.6 is 11.6 Å². The zero-order chi connectivity index (χ0) is 18.1. The van der Waals surface area contributed by atoms with E-state index < -0.39 is 36.9 Å². The first kappa shape index (κ1) is 17.2. The molecule has 1 aromatic carbocycles. The Kier molecular flexibility index (Phi) is 4.62. The standard InChI is InChI=1S/C14H9ClF4N4O2/c15-7-3-1-6(2-4-7)9-10(11(18)19)22-23-12(9)20-13(21-14(23)24)25-5-8(16)17/h1-4,8,11H,5H2,(H,20,21,24). The van der Waals surface area contributed by atoms with Gasteiger partial charge in [0.1, 0.15) is 5.69 Å². The van der Waals surface area contributed by atoms with Crippen molar-refractivity contribution in [1.82, 2.24) is 19.6 Å². The Bertz CT molecular complexity index is 956. The molecule has 0 atom stereocenters. The number of aromatic amines is 1. The van der Waals surface area contributed by atoms with Crippen molar-refractivity contribution in [2.75, 3.05) is 6.61 Å². The molecule has 6 nitrogen and oxygen atoms in total. The van der Waals surface area contributed by atoms with E-state index in [0.717, 1.165) is 0 Å². The monoisotopic (exact) mass is 376 g/mol. The van der Waals surface area contributed by atoms with Crippen LogP contribution in [0.5, 0.6) is 6.01 Å². The van der Waals surface area contributed by atoms with Crippen LogP contribution in [0.2, 0.25) is 5.02 Å². The Balaban J connectivity index is 2.22. The molecule has 0 aliphatic carbocycles. The molecule has 0 aliphatic heterocycles. The third-order valence-electron chi connectivity index (χ3n) is 3.19. The summed E-state index contributed by atoms with van der Waals surface area (Å²) < 4.78 is 56.5. The van der Waals surface area contributed by atoms with Gasteiger partial charge in [0, 0.05) is 5.02 Å². The summed E-state index contributed by atoms with van der Waals surface area (Å²) in [6.45, 7) is -1.01. The van der Waals surface area contributed by atoms with E-state index in [4.69, 9.17) is 11.6 Å². The van der Waals surface area contributed by atoms with Gasteiger partial charge in [-0.15, -0.1) is 0 Å². The Morgan fingerprint density at radius 3 is 2.48 bits per heavy atom. The van der Waals surface area contributed by atoms with Gasteiger partial charge in [-0.3, -0.25) is 4.98 Å². The molecule has 0 radical (unpaired) electrons. The largest absolute Gasteiger partial charge is 0.459 e. The summed E-state index contributed by atoms with van der Waals surface area (Å²) in [4.78, 5) is 17.9. The Morgan fingerprint density at radius 2 is 1.88 bits per heavy atom. The first-order valence-corrected chi connectivity index (χ1v) is 7.22. The van der Waals surface area contributed by atoms with Gasteiger partial charge in [-0.25, -0.2) is 22.4 Å². The number of hydrogen-bond donors (Lipinski definition) is 1. The number of alkyl halides is 4. The molecule has 0 aliphatic rings. The number of halogens is 5. The molecule has 3 aromatic rings. The van der Waals surface area contributed by atoms with Gasteiger partial charge in [0.15, 0.2) is 12.3 Å². The summed E-state index contributed by atoms with van der Waals surface area (Å²) in [5.74, 6) is 0. The molecular weight excluding hydrogens is 368 g/mol. The molecule has 0 spiro atoms. The number of fused-ring (bicyclic) bond motifs is 1. The summed E-state index contributed by atoms with van der Waals surface area (Å²) in [6, 6.07) is 5.32. The normalized spacial score (nSPS) is 11.6. The second-order valence-electron chi connectivity index (χ2n) is 4.85. The second-order valence-corrected chi connectivity index (χ2v) is 5.29. The highest BCUT2D eigenvalue weighted by molar-refractivity contribution is 6.30. The number of nitrogens with zero attached hydrogens (tertiary/aromatic N) is 3. The summed E-state index contributed by atoms with van der Waals surface area (Å²) in [6.07, 6.45) is -5.78. The van der Waals surface area contributed by atoms with Crippen molar-refractivity contribution in [2.24, 2.45) is 0 Å². The van der Waals surface area contributed by atoms with Crippen LogP contribution in [0.25, 0.3) is 16.8 Å². The number of H-pyrrole nitrogens is 1. The highest BCUT2D eigenvalue weighted by Gasteiger charge is 2.25. The lowest BCUT2D eigenvalue weighted by molar-refractivity contribution is 0.0768. The van der Waals surface area contributed by atoms with Crippen molar-refractivity contribution in [3.8, 4) is 17.1 Å². The highest BCUT2D eigenvalue weighted by Crippen LogP contribution is 2.33. The maximum Gasteiger partial charge on any atom is 0.352 e. The lowest BCUT2D eigenvalue weighted by atomic mass is 10.1. The van der Waals surface area contributed by atoms with Crippen molar-refractivity contribution in [1.29, 1.82) is 0 Å². The van der Waals surface area contributed by atoms with Crippen molar-refractivity contribution in [3.05, 3.63) is 45.5 Å². The number of aromatic nitrogens is 4. The van der Waals surface area contributed by atoms with Crippen LogP contribution in [0.4, 0.5) is 17.6 Å². The van der Waals surface area contributed by atoms with Gasteiger partial charge in [0.25, 0.3) is 18.9 Å². The molecule has 0 amide bonds. The molecule has 132 valence electrons. The zero-order valence-electron chi connectivity index (χ0n) is 12.2. The summed E-state index contributed by atoms with van der Waals surface area (Å²) >= 11 is 5.78. The predicted molar refractivity (Wildman–Crippen MR) is 80.5 cm³/mol. The Hall–Kier alpha value is -2.62. The van der Waals surface area contributed by atoms with E-state index in [1.54, 1.807) is 0 Å². The molecule has 25 heavy (non-hydrogen) atoms. The first-order valence-electron chi connectivity index (χ1n) is 6.85. The van der Waals surface area contributed by atoms with Crippen LogP contribution in [0, 0.1) is 0 Å². The van der Waals surface area contributed by atoms with E-state index >= 15 is 0 Å². The van der Waals surface area contributed by atoms with Crippen LogP contribution < -0.4 is 10.4 Å².